The van der Waals surface area contributed by atoms with Crippen molar-refractivity contribution in [1.29, 1.82) is 0 Å². The zero-order chi connectivity index (χ0) is 18.4. The summed E-state index contributed by atoms with van der Waals surface area (Å²) >= 11 is 0. The number of alkyl halides is 3. The van der Waals surface area contributed by atoms with E-state index in [4.69, 9.17) is 4.74 Å². The highest BCUT2D eigenvalue weighted by Gasteiger charge is 2.30. The molecule has 0 saturated heterocycles. The van der Waals surface area contributed by atoms with Gasteiger partial charge in [0.1, 0.15) is 0 Å². The minimum atomic E-state index is -4.30. The summed E-state index contributed by atoms with van der Waals surface area (Å²) < 4.78 is 43.0. The van der Waals surface area contributed by atoms with E-state index in [1.807, 2.05) is 6.92 Å². The van der Waals surface area contributed by atoms with E-state index in [2.05, 4.69) is 16.5 Å². The molecule has 0 aliphatic carbocycles. The number of hydrogen-bond donors (Lipinski definition) is 0. The van der Waals surface area contributed by atoms with Gasteiger partial charge < -0.3 is 4.74 Å². The fourth-order valence-corrected chi connectivity index (χ4v) is 2.81. The molecule has 1 aromatic rings. The van der Waals surface area contributed by atoms with Crippen LogP contribution in [0.2, 0.25) is 0 Å². The average molecular weight is 352 g/mol. The monoisotopic (exact) mass is 352 g/mol. The fraction of sp³-hybridized carbons (Fsp3) is 0.421. The number of nitrogens with zero attached hydrogens (tertiary/aromatic N) is 2. The van der Waals surface area contributed by atoms with Crippen LogP contribution in [0.3, 0.4) is 0 Å². The third kappa shape index (κ3) is 5.54. The van der Waals surface area contributed by atoms with Crippen LogP contribution in [0.15, 0.2) is 53.2 Å². The lowest BCUT2D eigenvalue weighted by Crippen LogP contribution is -2.31. The summed E-state index contributed by atoms with van der Waals surface area (Å²) in [5, 5.41) is 0. The zero-order valence-electron chi connectivity index (χ0n) is 14.6. The lowest BCUT2D eigenvalue weighted by molar-refractivity contribution is -0.137. The second kappa shape index (κ2) is 8.45. The molecule has 0 saturated carbocycles. The molecular weight excluding hydrogens is 329 g/mol. The summed E-state index contributed by atoms with van der Waals surface area (Å²) in [7, 11) is 1.63. The standard InChI is InChI=1S/C19H23F3N2O/c1-4-16-12-24(10-9-18(16)23-14(2)13-25-3)11-15-5-7-17(8-6-15)19(20,21)22/h4-8H,1,9-13H2,2-3H3. The first-order valence-corrected chi connectivity index (χ1v) is 8.09. The van der Waals surface area contributed by atoms with Crippen LogP contribution in [0.25, 0.3) is 0 Å². The van der Waals surface area contributed by atoms with Gasteiger partial charge in [-0.15, -0.1) is 0 Å². The molecule has 25 heavy (non-hydrogen) atoms. The molecule has 2 rings (SSSR count). The lowest BCUT2D eigenvalue weighted by atomic mass is 10.0. The number of methoxy groups -OCH3 is 1. The van der Waals surface area contributed by atoms with Gasteiger partial charge in [0.05, 0.1) is 12.2 Å². The van der Waals surface area contributed by atoms with Gasteiger partial charge >= 0.3 is 6.18 Å². The Kier molecular flexibility index (Phi) is 6.56. The summed E-state index contributed by atoms with van der Waals surface area (Å²) in [6, 6.07) is 5.34. The molecular formula is C19H23F3N2O. The van der Waals surface area contributed by atoms with Crippen molar-refractivity contribution in [3.8, 4) is 0 Å². The van der Waals surface area contributed by atoms with Crippen LogP contribution >= 0.6 is 0 Å². The average Bonchev–Trinajstić information content (AvgIpc) is 2.56. The van der Waals surface area contributed by atoms with Gasteiger partial charge in [-0.2, -0.15) is 13.2 Å². The molecule has 0 amide bonds. The molecule has 0 N–H and O–H groups in total. The Balaban J connectivity index is 2.05. The van der Waals surface area contributed by atoms with Gasteiger partial charge in [0.15, 0.2) is 0 Å². The lowest BCUT2D eigenvalue weighted by Gasteiger charge is -2.28. The van der Waals surface area contributed by atoms with E-state index in [0.717, 1.165) is 47.6 Å². The summed E-state index contributed by atoms with van der Waals surface area (Å²) in [6.45, 7) is 8.36. The predicted octanol–water partition coefficient (Wildman–Crippen LogP) is 4.46. The zero-order valence-corrected chi connectivity index (χ0v) is 14.6. The SMILES string of the molecule is C=CC1=C(N=C(C)COC)CCN(Cc2ccc(C(F)(F)F)cc2)C1. The molecule has 1 aliphatic rings. The van der Waals surface area contributed by atoms with Crippen molar-refractivity contribution in [3.63, 3.8) is 0 Å². The van der Waals surface area contributed by atoms with Crippen molar-refractivity contribution in [2.45, 2.75) is 26.1 Å². The minimum absolute atomic E-state index is 0.489. The van der Waals surface area contributed by atoms with Crippen LogP contribution in [0.5, 0.6) is 0 Å². The molecule has 1 heterocycles. The topological polar surface area (TPSA) is 24.8 Å². The Hall–Kier alpha value is -1.92. The third-order valence-electron chi connectivity index (χ3n) is 4.04. The number of halogens is 3. The maximum atomic E-state index is 12.6. The highest BCUT2D eigenvalue weighted by molar-refractivity contribution is 5.84. The van der Waals surface area contributed by atoms with Gasteiger partial charge in [-0.25, -0.2) is 0 Å². The molecule has 0 unspecified atom stereocenters. The van der Waals surface area contributed by atoms with Gasteiger partial charge in [0, 0.05) is 44.6 Å². The Morgan fingerprint density at radius 1 is 1.32 bits per heavy atom. The molecule has 6 heteroatoms. The van der Waals surface area contributed by atoms with Gasteiger partial charge in [0.2, 0.25) is 0 Å². The van der Waals surface area contributed by atoms with Crippen LogP contribution in [0.1, 0.15) is 24.5 Å². The van der Waals surface area contributed by atoms with E-state index in [9.17, 15) is 13.2 Å². The Labute approximate surface area is 146 Å². The molecule has 0 fully saturated rings. The van der Waals surface area contributed by atoms with Crippen LogP contribution in [0, 0.1) is 0 Å². The Morgan fingerprint density at radius 3 is 2.56 bits per heavy atom. The van der Waals surface area contributed by atoms with Crippen LogP contribution in [0.4, 0.5) is 13.2 Å². The summed E-state index contributed by atoms with van der Waals surface area (Å²) in [5.74, 6) is 0. The fourth-order valence-electron chi connectivity index (χ4n) is 2.81. The van der Waals surface area contributed by atoms with Crippen molar-refractivity contribution in [2.75, 3.05) is 26.8 Å². The molecule has 0 radical (unpaired) electrons. The quantitative estimate of drug-likeness (QED) is 0.706. The van der Waals surface area contributed by atoms with E-state index in [-0.39, 0.29) is 0 Å². The molecule has 0 atom stereocenters. The molecule has 3 nitrogen and oxygen atoms in total. The Morgan fingerprint density at radius 2 is 2.00 bits per heavy atom. The smallest absolute Gasteiger partial charge is 0.379 e. The second-order valence-corrected chi connectivity index (χ2v) is 6.11. The van der Waals surface area contributed by atoms with E-state index in [1.165, 1.54) is 12.1 Å². The van der Waals surface area contributed by atoms with E-state index in [1.54, 1.807) is 13.2 Å². The Bertz CT molecular complexity index is 660. The van der Waals surface area contributed by atoms with Crippen molar-refractivity contribution in [2.24, 2.45) is 4.99 Å². The van der Waals surface area contributed by atoms with Crippen molar-refractivity contribution >= 4 is 5.71 Å². The largest absolute Gasteiger partial charge is 0.416 e. The van der Waals surface area contributed by atoms with Gasteiger partial charge in [-0.3, -0.25) is 9.89 Å². The first kappa shape index (κ1) is 19.4. The van der Waals surface area contributed by atoms with Crippen molar-refractivity contribution in [3.05, 3.63) is 59.3 Å². The summed E-state index contributed by atoms with van der Waals surface area (Å²) in [6.07, 6.45) is -1.71. The van der Waals surface area contributed by atoms with Crippen molar-refractivity contribution < 1.29 is 17.9 Å². The first-order chi connectivity index (χ1) is 11.8. The maximum Gasteiger partial charge on any atom is 0.416 e. The molecule has 0 spiro atoms. The minimum Gasteiger partial charge on any atom is -0.379 e. The van der Waals surface area contributed by atoms with Crippen molar-refractivity contribution in [1.82, 2.24) is 4.90 Å². The normalized spacial score (nSPS) is 17.1. The maximum absolute atomic E-state index is 12.6. The number of hydrogen-bond acceptors (Lipinski definition) is 3. The number of benzene rings is 1. The van der Waals surface area contributed by atoms with E-state index < -0.39 is 11.7 Å². The molecule has 0 bridgehead atoms. The van der Waals surface area contributed by atoms with Crippen LogP contribution in [-0.4, -0.2) is 37.4 Å². The van der Waals surface area contributed by atoms with Gasteiger partial charge in [0.25, 0.3) is 0 Å². The molecule has 1 aliphatic heterocycles. The van der Waals surface area contributed by atoms with Gasteiger partial charge in [-0.1, -0.05) is 24.8 Å². The highest BCUT2D eigenvalue weighted by atomic mass is 19.4. The molecule has 1 aromatic carbocycles. The molecule has 0 aromatic heterocycles. The highest BCUT2D eigenvalue weighted by Crippen LogP contribution is 2.29. The number of aliphatic imine (C=N–C) groups is 1. The third-order valence-corrected chi connectivity index (χ3v) is 4.04. The number of rotatable bonds is 6. The van der Waals surface area contributed by atoms with Gasteiger partial charge in [-0.05, 0) is 30.2 Å². The predicted molar refractivity (Wildman–Crippen MR) is 93.5 cm³/mol. The van der Waals surface area contributed by atoms with E-state index >= 15 is 0 Å². The van der Waals surface area contributed by atoms with E-state index in [0.29, 0.717) is 19.7 Å². The number of ether oxygens (including phenoxy) is 1. The second-order valence-electron chi connectivity index (χ2n) is 6.11. The van der Waals surface area contributed by atoms with Crippen LogP contribution in [-0.2, 0) is 17.5 Å². The summed E-state index contributed by atoms with van der Waals surface area (Å²) in [5.41, 5.74) is 3.21. The summed E-state index contributed by atoms with van der Waals surface area (Å²) in [4.78, 5) is 6.79. The molecule has 136 valence electrons. The first-order valence-electron chi connectivity index (χ1n) is 8.09. The van der Waals surface area contributed by atoms with Crippen LogP contribution < -0.4 is 0 Å².